The number of amides is 2. The van der Waals surface area contributed by atoms with Gasteiger partial charge in [-0.25, -0.2) is 0 Å². The lowest BCUT2D eigenvalue weighted by Gasteiger charge is -2.17. The van der Waals surface area contributed by atoms with E-state index in [2.05, 4.69) is 10.6 Å². The number of quaternary nitrogens is 1. The Balaban J connectivity index is 1.84. The van der Waals surface area contributed by atoms with Crippen molar-refractivity contribution in [3.05, 3.63) is 70.2 Å². The first-order chi connectivity index (χ1) is 12.4. The van der Waals surface area contributed by atoms with Crippen molar-refractivity contribution in [1.29, 1.82) is 0 Å². The van der Waals surface area contributed by atoms with E-state index in [4.69, 9.17) is 11.6 Å². The van der Waals surface area contributed by atoms with E-state index in [9.17, 15) is 9.59 Å². The number of rotatable bonds is 7. The normalized spacial score (nSPS) is 12.9. The van der Waals surface area contributed by atoms with E-state index in [0.717, 1.165) is 16.0 Å². The fraction of sp³-hybridized carbons (Fsp3) is 0.300. The van der Waals surface area contributed by atoms with Crippen LogP contribution >= 0.6 is 11.6 Å². The van der Waals surface area contributed by atoms with Crippen LogP contribution in [0, 0.1) is 0 Å². The van der Waals surface area contributed by atoms with Crippen LogP contribution in [0.5, 0.6) is 0 Å². The molecule has 2 aromatic rings. The van der Waals surface area contributed by atoms with Gasteiger partial charge in [0.1, 0.15) is 6.54 Å². The summed E-state index contributed by atoms with van der Waals surface area (Å²) in [7, 11) is 3.58. The quantitative estimate of drug-likeness (QED) is 0.689. The number of carbonyl (C=O) groups is 2. The molecule has 0 aliphatic heterocycles. The molecule has 1 unspecified atom stereocenters. The third-order valence-electron chi connectivity index (χ3n) is 4.16. The van der Waals surface area contributed by atoms with Gasteiger partial charge in [0.05, 0.1) is 13.1 Å². The van der Waals surface area contributed by atoms with Gasteiger partial charge in [0, 0.05) is 23.2 Å². The Hall–Kier alpha value is -2.37. The van der Waals surface area contributed by atoms with Gasteiger partial charge in [-0.2, -0.15) is 0 Å². The Morgan fingerprint density at radius 3 is 2.27 bits per heavy atom. The highest BCUT2D eigenvalue weighted by molar-refractivity contribution is 6.30. The number of hydrogen-bond acceptors (Lipinski definition) is 2. The first-order valence-corrected chi connectivity index (χ1v) is 8.94. The molecule has 5 nitrogen and oxygen atoms in total. The Labute approximate surface area is 159 Å². The summed E-state index contributed by atoms with van der Waals surface area (Å²) < 4.78 is 0. The number of nitrogens with one attached hydrogen (secondary N) is 3. The van der Waals surface area contributed by atoms with Gasteiger partial charge in [0.2, 0.25) is 0 Å². The number of halogens is 1. The van der Waals surface area contributed by atoms with Crippen molar-refractivity contribution in [1.82, 2.24) is 10.6 Å². The smallest absolute Gasteiger partial charge is 0.275 e. The zero-order valence-electron chi connectivity index (χ0n) is 15.3. The molecule has 0 fully saturated rings. The largest absolute Gasteiger partial charge is 0.355 e. The fourth-order valence-corrected chi connectivity index (χ4v) is 2.86. The van der Waals surface area contributed by atoms with Crippen LogP contribution in [0.2, 0.25) is 5.02 Å². The lowest BCUT2D eigenvalue weighted by molar-refractivity contribution is -0.885. The average molecular weight is 375 g/mol. The van der Waals surface area contributed by atoms with Crippen LogP contribution in [-0.4, -0.2) is 32.5 Å². The summed E-state index contributed by atoms with van der Waals surface area (Å²) in [4.78, 5) is 24.9. The maximum Gasteiger partial charge on any atom is 0.275 e. The van der Waals surface area contributed by atoms with Crippen molar-refractivity contribution < 1.29 is 14.5 Å². The summed E-state index contributed by atoms with van der Waals surface area (Å²) in [5, 5.41) is 6.29. The van der Waals surface area contributed by atoms with E-state index in [-0.39, 0.29) is 17.9 Å². The second kappa shape index (κ2) is 9.36. The van der Waals surface area contributed by atoms with Gasteiger partial charge in [0.25, 0.3) is 11.8 Å². The molecule has 0 aliphatic carbocycles. The highest BCUT2D eigenvalue weighted by atomic mass is 35.5. The van der Waals surface area contributed by atoms with Crippen LogP contribution in [0.25, 0.3) is 0 Å². The number of benzene rings is 2. The third kappa shape index (κ3) is 5.86. The second-order valence-corrected chi connectivity index (χ2v) is 6.86. The van der Waals surface area contributed by atoms with Crippen molar-refractivity contribution in [3.8, 4) is 0 Å². The molecule has 0 spiro atoms. The first-order valence-electron chi connectivity index (χ1n) is 8.56. The highest BCUT2D eigenvalue weighted by Crippen LogP contribution is 2.15. The summed E-state index contributed by atoms with van der Waals surface area (Å²) in [5.74, 6) is -0.111. The maximum absolute atomic E-state index is 12.3. The minimum atomic E-state index is -0.104. The predicted octanol–water partition coefficient (Wildman–Crippen LogP) is 1.59. The van der Waals surface area contributed by atoms with Gasteiger partial charge in [-0.3, -0.25) is 9.59 Å². The number of carbonyl (C=O) groups excluding carboxylic acids is 2. The third-order valence-corrected chi connectivity index (χ3v) is 4.41. The standard InChI is InChI=1S/C20H24ClN3O2/c1-14(16-8-10-18(21)11-9-16)23-19(25)13-24(3)12-15-4-6-17(7-5-15)20(26)22-2/h4-11,14H,12-13H2,1-3H3,(H,22,26)(H,23,25)/p+1/t14-/m1/s1. The molecule has 0 saturated carbocycles. The molecule has 2 rings (SSSR count). The molecule has 2 amide bonds. The predicted molar refractivity (Wildman–Crippen MR) is 103 cm³/mol. The van der Waals surface area contributed by atoms with E-state index >= 15 is 0 Å². The minimum absolute atomic E-state index is 0.00747. The Bertz CT molecular complexity index is 745. The summed E-state index contributed by atoms with van der Waals surface area (Å²) in [6, 6.07) is 14.8. The molecule has 0 bridgehead atoms. The van der Waals surface area contributed by atoms with Crippen LogP contribution in [0.4, 0.5) is 0 Å². The van der Waals surface area contributed by atoms with E-state index in [1.807, 2.05) is 50.4 Å². The van der Waals surface area contributed by atoms with Gasteiger partial charge in [-0.15, -0.1) is 0 Å². The van der Waals surface area contributed by atoms with Crippen LogP contribution < -0.4 is 15.5 Å². The topological polar surface area (TPSA) is 62.6 Å². The van der Waals surface area contributed by atoms with Crippen LogP contribution in [0.1, 0.15) is 34.5 Å². The SMILES string of the molecule is CNC(=O)c1ccc(C[NH+](C)CC(=O)N[C@H](C)c2ccc(Cl)cc2)cc1. The minimum Gasteiger partial charge on any atom is -0.355 e. The lowest BCUT2D eigenvalue weighted by atomic mass is 10.1. The molecule has 6 heteroatoms. The lowest BCUT2D eigenvalue weighted by Crippen LogP contribution is -3.08. The van der Waals surface area contributed by atoms with E-state index < -0.39 is 0 Å². The molecular weight excluding hydrogens is 350 g/mol. The van der Waals surface area contributed by atoms with Crippen molar-refractivity contribution in [3.63, 3.8) is 0 Å². The Morgan fingerprint density at radius 1 is 1.08 bits per heavy atom. The monoisotopic (exact) mass is 374 g/mol. The molecule has 2 aromatic carbocycles. The maximum atomic E-state index is 12.3. The second-order valence-electron chi connectivity index (χ2n) is 6.43. The molecule has 2 atom stereocenters. The van der Waals surface area contributed by atoms with E-state index in [1.54, 1.807) is 19.2 Å². The summed E-state index contributed by atoms with van der Waals surface area (Å²) in [5.41, 5.74) is 2.72. The summed E-state index contributed by atoms with van der Waals surface area (Å²) in [6.45, 7) is 3.03. The van der Waals surface area contributed by atoms with Crippen molar-refractivity contribution >= 4 is 23.4 Å². The van der Waals surface area contributed by atoms with Gasteiger partial charge in [0.15, 0.2) is 6.54 Å². The Morgan fingerprint density at radius 2 is 1.69 bits per heavy atom. The van der Waals surface area contributed by atoms with Crippen LogP contribution in [-0.2, 0) is 11.3 Å². The molecule has 0 radical (unpaired) electrons. The van der Waals surface area contributed by atoms with Gasteiger partial charge in [-0.1, -0.05) is 35.9 Å². The fourth-order valence-electron chi connectivity index (χ4n) is 2.73. The summed E-state index contributed by atoms with van der Waals surface area (Å²) in [6.07, 6.45) is 0. The molecule has 0 heterocycles. The molecule has 3 N–H and O–H groups in total. The van der Waals surface area contributed by atoms with Gasteiger partial charge >= 0.3 is 0 Å². The highest BCUT2D eigenvalue weighted by Gasteiger charge is 2.14. The van der Waals surface area contributed by atoms with Gasteiger partial charge in [-0.05, 0) is 36.8 Å². The van der Waals surface area contributed by atoms with E-state index in [1.165, 1.54) is 0 Å². The number of hydrogen-bond donors (Lipinski definition) is 3. The molecular formula is C20H25ClN3O2+. The average Bonchev–Trinajstić information content (AvgIpc) is 2.61. The van der Waals surface area contributed by atoms with Crippen LogP contribution in [0.15, 0.2) is 48.5 Å². The first kappa shape index (κ1) is 19.9. The summed E-state index contributed by atoms with van der Waals surface area (Å²) >= 11 is 5.89. The van der Waals surface area contributed by atoms with Crippen molar-refractivity contribution in [2.24, 2.45) is 0 Å². The molecule has 0 aliphatic rings. The van der Waals surface area contributed by atoms with Crippen LogP contribution in [0.3, 0.4) is 0 Å². The molecule has 0 aromatic heterocycles. The zero-order chi connectivity index (χ0) is 19.1. The van der Waals surface area contributed by atoms with E-state index in [0.29, 0.717) is 23.7 Å². The van der Waals surface area contributed by atoms with Crippen molar-refractivity contribution in [2.45, 2.75) is 19.5 Å². The van der Waals surface area contributed by atoms with Gasteiger partial charge < -0.3 is 15.5 Å². The molecule has 0 saturated heterocycles. The van der Waals surface area contributed by atoms with Crippen molar-refractivity contribution in [2.75, 3.05) is 20.6 Å². The Kier molecular flexibility index (Phi) is 7.18. The molecule has 138 valence electrons. The zero-order valence-corrected chi connectivity index (χ0v) is 16.1. The molecule has 26 heavy (non-hydrogen) atoms. The number of likely N-dealkylation sites (N-methyl/N-ethyl adjacent to an activating group) is 1.